The van der Waals surface area contributed by atoms with Crippen LogP contribution in [-0.2, 0) is 16.0 Å². The van der Waals surface area contributed by atoms with Gasteiger partial charge >= 0.3 is 0 Å². The number of nitrogens with one attached hydrogen (secondary N) is 1. The number of methoxy groups -OCH3 is 1. The summed E-state index contributed by atoms with van der Waals surface area (Å²) in [6.07, 6.45) is 2.22. The van der Waals surface area contributed by atoms with E-state index >= 15 is 0 Å². The van der Waals surface area contributed by atoms with Crippen LogP contribution in [0.15, 0.2) is 18.2 Å². The van der Waals surface area contributed by atoms with Crippen LogP contribution >= 0.6 is 0 Å². The van der Waals surface area contributed by atoms with Crippen molar-refractivity contribution in [3.63, 3.8) is 0 Å². The quantitative estimate of drug-likeness (QED) is 0.782. The predicted molar refractivity (Wildman–Crippen MR) is 87.0 cm³/mol. The SMILES string of the molecule is COCCNCc1cc(C)ccc1N(C)C1CCOCC1. The Bertz CT molecular complexity index is 431. The minimum atomic E-state index is 0.583. The van der Waals surface area contributed by atoms with Crippen LogP contribution in [0.4, 0.5) is 5.69 Å². The van der Waals surface area contributed by atoms with E-state index in [1.54, 1.807) is 7.11 Å². The number of anilines is 1. The molecule has 1 aromatic rings. The first kappa shape index (κ1) is 16.3. The topological polar surface area (TPSA) is 33.7 Å². The highest BCUT2D eigenvalue weighted by Gasteiger charge is 2.20. The van der Waals surface area contributed by atoms with Crippen molar-refractivity contribution in [3.05, 3.63) is 29.3 Å². The van der Waals surface area contributed by atoms with E-state index < -0.39 is 0 Å². The Morgan fingerprint density at radius 1 is 1.33 bits per heavy atom. The van der Waals surface area contributed by atoms with Crippen molar-refractivity contribution in [1.82, 2.24) is 5.32 Å². The molecule has 0 amide bonds. The number of hydrogen-bond donors (Lipinski definition) is 1. The van der Waals surface area contributed by atoms with Gasteiger partial charge in [-0.15, -0.1) is 0 Å². The van der Waals surface area contributed by atoms with Gasteiger partial charge in [-0.2, -0.15) is 0 Å². The molecule has 2 rings (SSSR count). The van der Waals surface area contributed by atoms with Crippen molar-refractivity contribution < 1.29 is 9.47 Å². The lowest BCUT2D eigenvalue weighted by atomic mass is 10.0. The molecular weight excluding hydrogens is 264 g/mol. The summed E-state index contributed by atoms with van der Waals surface area (Å²) in [4.78, 5) is 2.43. The van der Waals surface area contributed by atoms with Gasteiger partial charge in [-0.25, -0.2) is 0 Å². The van der Waals surface area contributed by atoms with Crippen LogP contribution < -0.4 is 10.2 Å². The maximum Gasteiger partial charge on any atom is 0.0587 e. The molecule has 0 unspecified atom stereocenters. The monoisotopic (exact) mass is 292 g/mol. The average molecular weight is 292 g/mol. The maximum atomic E-state index is 5.47. The molecule has 1 heterocycles. The summed E-state index contributed by atoms with van der Waals surface area (Å²) in [6, 6.07) is 7.31. The Morgan fingerprint density at radius 3 is 2.81 bits per heavy atom. The van der Waals surface area contributed by atoms with E-state index in [-0.39, 0.29) is 0 Å². The summed E-state index contributed by atoms with van der Waals surface area (Å²) in [5.74, 6) is 0. The maximum absolute atomic E-state index is 5.47. The zero-order chi connectivity index (χ0) is 15.1. The van der Waals surface area contributed by atoms with Crippen molar-refractivity contribution in [2.45, 2.75) is 32.4 Å². The zero-order valence-electron chi connectivity index (χ0n) is 13.5. The highest BCUT2D eigenvalue weighted by atomic mass is 16.5. The summed E-state index contributed by atoms with van der Waals surface area (Å²) < 4.78 is 10.6. The van der Waals surface area contributed by atoms with E-state index in [4.69, 9.17) is 9.47 Å². The Labute approximate surface area is 128 Å². The summed E-state index contributed by atoms with van der Waals surface area (Å²) in [7, 11) is 3.94. The lowest BCUT2D eigenvalue weighted by molar-refractivity contribution is 0.0854. The van der Waals surface area contributed by atoms with Gasteiger partial charge in [-0.1, -0.05) is 17.7 Å². The largest absolute Gasteiger partial charge is 0.383 e. The number of benzene rings is 1. The van der Waals surface area contributed by atoms with Crippen LogP contribution in [0, 0.1) is 6.92 Å². The molecule has 4 heteroatoms. The predicted octanol–water partition coefficient (Wildman–Crippen LogP) is 2.35. The first-order valence-corrected chi connectivity index (χ1v) is 7.82. The van der Waals surface area contributed by atoms with Gasteiger partial charge in [0.15, 0.2) is 0 Å². The van der Waals surface area contributed by atoms with E-state index in [0.717, 1.165) is 45.8 Å². The fourth-order valence-electron chi connectivity index (χ4n) is 2.87. The Balaban J connectivity index is 2.05. The molecule has 0 atom stereocenters. The van der Waals surface area contributed by atoms with Crippen molar-refractivity contribution in [2.24, 2.45) is 0 Å². The minimum absolute atomic E-state index is 0.583. The zero-order valence-corrected chi connectivity index (χ0v) is 13.5. The highest BCUT2D eigenvalue weighted by molar-refractivity contribution is 5.55. The van der Waals surface area contributed by atoms with Crippen LogP contribution in [-0.4, -0.2) is 46.6 Å². The van der Waals surface area contributed by atoms with Crippen LogP contribution in [0.1, 0.15) is 24.0 Å². The molecule has 0 bridgehead atoms. The van der Waals surface area contributed by atoms with Crippen LogP contribution in [0.25, 0.3) is 0 Å². The first-order valence-electron chi connectivity index (χ1n) is 7.82. The normalized spacial score (nSPS) is 16.1. The summed E-state index contributed by atoms with van der Waals surface area (Å²) >= 11 is 0. The Hall–Kier alpha value is -1.10. The Morgan fingerprint density at radius 2 is 2.10 bits per heavy atom. The fourth-order valence-corrected chi connectivity index (χ4v) is 2.87. The molecule has 1 aliphatic heterocycles. The molecule has 1 fully saturated rings. The van der Waals surface area contributed by atoms with Gasteiger partial charge in [0.05, 0.1) is 6.61 Å². The molecule has 0 aliphatic carbocycles. The third-order valence-corrected chi connectivity index (χ3v) is 4.15. The lowest BCUT2D eigenvalue weighted by Crippen LogP contribution is -2.37. The van der Waals surface area contributed by atoms with Gasteiger partial charge in [0.25, 0.3) is 0 Å². The Kier molecular flexibility index (Phi) is 6.49. The standard InChI is InChI=1S/C17H28N2O2/c1-14-4-5-17(15(12-14)13-18-8-11-20-3)19(2)16-6-9-21-10-7-16/h4-5,12,16,18H,6-11,13H2,1-3H3. The molecule has 1 aliphatic rings. The number of hydrogen-bond acceptors (Lipinski definition) is 4. The molecule has 1 aromatic carbocycles. The lowest BCUT2D eigenvalue weighted by Gasteiger charge is -2.34. The van der Waals surface area contributed by atoms with E-state index in [9.17, 15) is 0 Å². The van der Waals surface area contributed by atoms with Gasteiger partial charge in [-0.05, 0) is 31.4 Å². The summed E-state index contributed by atoms with van der Waals surface area (Å²) in [6.45, 7) is 6.41. The molecule has 0 radical (unpaired) electrons. The van der Waals surface area contributed by atoms with E-state index in [1.807, 2.05) is 0 Å². The first-order chi connectivity index (χ1) is 10.2. The highest BCUT2D eigenvalue weighted by Crippen LogP contribution is 2.26. The summed E-state index contributed by atoms with van der Waals surface area (Å²) in [5, 5.41) is 3.45. The summed E-state index contributed by atoms with van der Waals surface area (Å²) in [5.41, 5.74) is 4.00. The molecule has 118 valence electrons. The molecular formula is C17H28N2O2. The second-order valence-corrected chi connectivity index (χ2v) is 5.76. The number of ether oxygens (including phenoxy) is 2. The second-order valence-electron chi connectivity index (χ2n) is 5.76. The van der Waals surface area contributed by atoms with Gasteiger partial charge in [0, 0.05) is 52.2 Å². The van der Waals surface area contributed by atoms with Crippen molar-refractivity contribution in [1.29, 1.82) is 0 Å². The number of aryl methyl sites for hydroxylation is 1. The number of nitrogens with zero attached hydrogens (tertiary/aromatic N) is 1. The van der Waals surface area contributed by atoms with Gasteiger partial charge in [0.2, 0.25) is 0 Å². The minimum Gasteiger partial charge on any atom is -0.383 e. The smallest absolute Gasteiger partial charge is 0.0587 e. The van der Waals surface area contributed by atoms with Crippen LogP contribution in [0.2, 0.25) is 0 Å². The number of rotatable bonds is 7. The fraction of sp³-hybridized carbons (Fsp3) is 0.647. The van der Waals surface area contributed by atoms with Gasteiger partial charge in [-0.3, -0.25) is 0 Å². The second kappa shape index (κ2) is 8.37. The molecule has 0 spiro atoms. The molecule has 0 aromatic heterocycles. The third-order valence-electron chi connectivity index (χ3n) is 4.15. The molecule has 0 saturated carbocycles. The molecule has 1 N–H and O–H groups in total. The van der Waals surface area contributed by atoms with Gasteiger partial charge in [0.1, 0.15) is 0 Å². The van der Waals surface area contributed by atoms with Crippen LogP contribution in [0.5, 0.6) is 0 Å². The van der Waals surface area contributed by atoms with Crippen LogP contribution in [0.3, 0.4) is 0 Å². The average Bonchev–Trinajstić information content (AvgIpc) is 2.52. The van der Waals surface area contributed by atoms with Crippen molar-refractivity contribution >= 4 is 5.69 Å². The molecule has 21 heavy (non-hydrogen) atoms. The van der Waals surface area contributed by atoms with E-state index in [0.29, 0.717) is 6.04 Å². The van der Waals surface area contributed by atoms with E-state index in [2.05, 4.69) is 42.4 Å². The van der Waals surface area contributed by atoms with Gasteiger partial charge < -0.3 is 19.7 Å². The molecule has 1 saturated heterocycles. The third kappa shape index (κ3) is 4.70. The molecule has 4 nitrogen and oxygen atoms in total. The van der Waals surface area contributed by atoms with Crippen molar-refractivity contribution in [2.75, 3.05) is 45.4 Å². The van der Waals surface area contributed by atoms with E-state index in [1.165, 1.54) is 16.8 Å². The van der Waals surface area contributed by atoms with Crippen molar-refractivity contribution in [3.8, 4) is 0 Å².